The third-order valence-corrected chi connectivity index (χ3v) is 2.55. The summed E-state index contributed by atoms with van der Waals surface area (Å²) in [7, 11) is 1.63. The Hall–Kier alpha value is -1.79. The number of hydrogen-bond acceptors (Lipinski definition) is 6. The van der Waals surface area contributed by atoms with Crippen LogP contribution in [0.1, 0.15) is 29.7 Å². The molecule has 2 heterocycles. The molecule has 0 aromatic carbocycles. The van der Waals surface area contributed by atoms with Crippen molar-refractivity contribution in [3.05, 3.63) is 41.8 Å². The minimum absolute atomic E-state index is 0.274. The van der Waals surface area contributed by atoms with Gasteiger partial charge in [0.05, 0.1) is 6.04 Å². The van der Waals surface area contributed by atoms with Gasteiger partial charge in [-0.1, -0.05) is 5.16 Å². The highest BCUT2D eigenvalue weighted by Crippen LogP contribution is 2.13. The summed E-state index contributed by atoms with van der Waals surface area (Å²) in [4.78, 5) is 8.24. The minimum Gasteiger partial charge on any atom is -0.385 e. The van der Waals surface area contributed by atoms with Crippen LogP contribution in [0.2, 0.25) is 0 Å². The SMILES string of the molecule is COCCC(N)c1nc(Cc2ccncc2)no1. The summed E-state index contributed by atoms with van der Waals surface area (Å²) in [5, 5.41) is 3.91. The summed E-state index contributed by atoms with van der Waals surface area (Å²) in [5.41, 5.74) is 6.99. The predicted molar refractivity (Wildman–Crippen MR) is 64.8 cm³/mol. The van der Waals surface area contributed by atoms with E-state index in [1.807, 2.05) is 12.1 Å². The van der Waals surface area contributed by atoms with Crippen LogP contribution in [0.3, 0.4) is 0 Å². The maximum Gasteiger partial charge on any atom is 0.243 e. The first-order chi connectivity index (χ1) is 8.79. The van der Waals surface area contributed by atoms with Gasteiger partial charge in [0, 0.05) is 32.5 Å². The Morgan fingerprint density at radius 3 is 2.89 bits per heavy atom. The second-order valence-electron chi connectivity index (χ2n) is 3.97. The Morgan fingerprint density at radius 2 is 2.17 bits per heavy atom. The van der Waals surface area contributed by atoms with Crippen LogP contribution in [-0.4, -0.2) is 28.8 Å². The summed E-state index contributed by atoms with van der Waals surface area (Å²) < 4.78 is 10.1. The zero-order chi connectivity index (χ0) is 12.8. The molecule has 0 aliphatic carbocycles. The van der Waals surface area contributed by atoms with E-state index in [0.717, 1.165) is 5.56 Å². The molecule has 18 heavy (non-hydrogen) atoms. The molecule has 0 aliphatic rings. The second-order valence-corrected chi connectivity index (χ2v) is 3.97. The molecule has 0 bridgehead atoms. The summed E-state index contributed by atoms with van der Waals surface area (Å²) in [6.45, 7) is 0.573. The van der Waals surface area contributed by atoms with Crippen molar-refractivity contribution < 1.29 is 9.26 Å². The van der Waals surface area contributed by atoms with Gasteiger partial charge in [0.25, 0.3) is 0 Å². The fraction of sp³-hybridized carbons (Fsp3) is 0.417. The zero-order valence-corrected chi connectivity index (χ0v) is 10.2. The normalized spacial score (nSPS) is 12.6. The predicted octanol–water partition coefficient (Wildman–Crippen LogP) is 1.09. The van der Waals surface area contributed by atoms with Crippen molar-refractivity contribution in [1.82, 2.24) is 15.1 Å². The van der Waals surface area contributed by atoms with Crippen molar-refractivity contribution in [3.8, 4) is 0 Å². The first kappa shape index (κ1) is 12.7. The third-order valence-electron chi connectivity index (χ3n) is 2.55. The van der Waals surface area contributed by atoms with Crippen LogP contribution in [0.4, 0.5) is 0 Å². The van der Waals surface area contributed by atoms with Crippen LogP contribution in [0.15, 0.2) is 29.0 Å². The fourth-order valence-corrected chi connectivity index (χ4v) is 1.54. The topological polar surface area (TPSA) is 87.1 Å². The van der Waals surface area contributed by atoms with Gasteiger partial charge >= 0.3 is 0 Å². The maximum atomic E-state index is 5.90. The van der Waals surface area contributed by atoms with E-state index in [0.29, 0.717) is 31.2 Å². The molecule has 2 N–H and O–H groups in total. The molecule has 6 heteroatoms. The molecule has 2 aromatic heterocycles. The van der Waals surface area contributed by atoms with E-state index in [1.165, 1.54) is 0 Å². The number of hydrogen-bond donors (Lipinski definition) is 1. The molecule has 0 radical (unpaired) electrons. The lowest BCUT2D eigenvalue weighted by Gasteiger charge is -2.04. The summed E-state index contributed by atoms with van der Waals surface area (Å²) in [6.07, 6.45) is 4.75. The molecule has 0 saturated carbocycles. The Morgan fingerprint density at radius 1 is 1.39 bits per heavy atom. The average Bonchev–Trinajstić information content (AvgIpc) is 2.86. The van der Waals surface area contributed by atoms with Gasteiger partial charge in [-0.25, -0.2) is 0 Å². The molecule has 1 unspecified atom stereocenters. The van der Waals surface area contributed by atoms with Crippen molar-refractivity contribution in [2.45, 2.75) is 18.9 Å². The van der Waals surface area contributed by atoms with E-state index >= 15 is 0 Å². The van der Waals surface area contributed by atoms with Gasteiger partial charge in [-0.05, 0) is 24.1 Å². The third kappa shape index (κ3) is 3.35. The highest BCUT2D eigenvalue weighted by molar-refractivity contribution is 5.14. The van der Waals surface area contributed by atoms with E-state index < -0.39 is 0 Å². The van der Waals surface area contributed by atoms with Crippen LogP contribution < -0.4 is 5.73 Å². The molecule has 1 atom stereocenters. The van der Waals surface area contributed by atoms with Gasteiger partial charge in [0.2, 0.25) is 5.89 Å². The first-order valence-electron chi connectivity index (χ1n) is 5.75. The van der Waals surface area contributed by atoms with Gasteiger partial charge in [-0.2, -0.15) is 4.98 Å². The number of nitrogens with zero attached hydrogens (tertiary/aromatic N) is 3. The molecule has 0 spiro atoms. The van der Waals surface area contributed by atoms with E-state index in [9.17, 15) is 0 Å². The van der Waals surface area contributed by atoms with Crippen LogP contribution in [0.5, 0.6) is 0 Å². The van der Waals surface area contributed by atoms with Crippen molar-refractivity contribution >= 4 is 0 Å². The lowest BCUT2D eigenvalue weighted by molar-refractivity contribution is 0.182. The number of nitrogens with two attached hydrogens (primary N) is 1. The minimum atomic E-state index is -0.274. The van der Waals surface area contributed by atoms with Gasteiger partial charge < -0.3 is 15.0 Å². The van der Waals surface area contributed by atoms with Crippen molar-refractivity contribution in [1.29, 1.82) is 0 Å². The summed E-state index contributed by atoms with van der Waals surface area (Å²) in [5.74, 6) is 1.08. The van der Waals surface area contributed by atoms with Crippen LogP contribution in [0, 0.1) is 0 Å². The van der Waals surface area contributed by atoms with Gasteiger partial charge in [0.1, 0.15) is 0 Å². The lowest BCUT2D eigenvalue weighted by atomic mass is 10.2. The van der Waals surface area contributed by atoms with Gasteiger partial charge in [-0.15, -0.1) is 0 Å². The van der Waals surface area contributed by atoms with Crippen molar-refractivity contribution in [2.24, 2.45) is 5.73 Å². The smallest absolute Gasteiger partial charge is 0.243 e. The zero-order valence-electron chi connectivity index (χ0n) is 10.2. The van der Waals surface area contributed by atoms with E-state index in [2.05, 4.69) is 15.1 Å². The first-order valence-corrected chi connectivity index (χ1v) is 5.75. The number of ether oxygens (including phenoxy) is 1. The van der Waals surface area contributed by atoms with Gasteiger partial charge in [0.15, 0.2) is 5.82 Å². The monoisotopic (exact) mass is 248 g/mol. The number of aromatic nitrogens is 3. The molecule has 96 valence electrons. The largest absolute Gasteiger partial charge is 0.385 e. The standard InChI is InChI=1S/C12H16N4O2/c1-17-7-4-10(13)12-15-11(16-18-12)8-9-2-5-14-6-3-9/h2-3,5-6,10H,4,7-8,13H2,1H3. The number of methoxy groups -OCH3 is 1. The van der Waals surface area contributed by atoms with Crippen molar-refractivity contribution in [3.63, 3.8) is 0 Å². The number of pyridine rings is 1. The van der Waals surface area contributed by atoms with E-state index in [1.54, 1.807) is 19.5 Å². The quantitative estimate of drug-likeness (QED) is 0.823. The number of rotatable bonds is 6. The molecule has 2 aromatic rings. The molecule has 0 saturated heterocycles. The fourth-order valence-electron chi connectivity index (χ4n) is 1.54. The molecule has 0 fully saturated rings. The highest BCUT2D eigenvalue weighted by Gasteiger charge is 2.14. The molecular weight excluding hydrogens is 232 g/mol. The Bertz CT molecular complexity index is 472. The molecule has 2 rings (SSSR count). The lowest BCUT2D eigenvalue weighted by Crippen LogP contribution is -2.13. The Balaban J connectivity index is 1.98. The molecule has 0 aliphatic heterocycles. The van der Waals surface area contributed by atoms with Crippen LogP contribution in [-0.2, 0) is 11.2 Å². The molecular formula is C12H16N4O2. The van der Waals surface area contributed by atoms with E-state index in [4.69, 9.17) is 15.0 Å². The van der Waals surface area contributed by atoms with Crippen LogP contribution >= 0.6 is 0 Å². The Kier molecular flexibility index (Phi) is 4.38. The second kappa shape index (κ2) is 6.23. The maximum absolute atomic E-state index is 5.90. The van der Waals surface area contributed by atoms with E-state index in [-0.39, 0.29) is 6.04 Å². The van der Waals surface area contributed by atoms with Crippen LogP contribution in [0.25, 0.3) is 0 Å². The summed E-state index contributed by atoms with van der Waals surface area (Å²) >= 11 is 0. The molecule has 6 nitrogen and oxygen atoms in total. The highest BCUT2D eigenvalue weighted by atomic mass is 16.5. The molecule has 0 amide bonds. The summed E-state index contributed by atoms with van der Waals surface area (Å²) in [6, 6.07) is 3.56. The van der Waals surface area contributed by atoms with Crippen molar-refractivity contribution in [2.75, 3.05) is 13.7 Å². The van der Waals surface area contributed by atoms with Gasteiger partial charge in [-0.3, -0.25) is 4.98 Å². The Labute approximate surface area is 105 Å². The average molecular weight is 248 g/mol.